The molecule has 1 aromatic heterocycles. The van der Waals surface area contributed by atoms with E-state index in [0.717, 1.165) is 19.2 Å². The van der Waals surface area contributed by atoms with E-state index in [1.54, 1.807) is 0 Å². The van der Waals surface area contributed by atoms with E-state index in [9.17, 15) is 26.4 Å². The molecule has 5 nitrogen and oxygen atoms in total. The van der Waals surface area contributed by atoms with Crippen LogP contribution in [-0.4, -0.2) is 27.0 Å². The summed E-state index contributed by atoms with van der Waals surface area (Å²) < 4.78 is 62.8. The molecule has 0 aliphatic rings. The molecule has 0 bridgehead atoms. The lowest BCUT2D eigenvalue weighted by molar-refractivity contribution is -0.518. The monoisotopic (exact) mass is 270 g/mol. The zero-order valence-electron chi connectivity index (χ0n) is 8.43. The number of hydrogen-bond donors (Lipinski definition) is 0. The average Bonchev–Trinajstić information content (AvgIpc) is 2.26. The Balaban J connectivity index is 3.31. The lowest BCUT2D eigenvalue weighted by Crippen LogP contribution is -2.50. The van der Waals surface area contributed by atoms with Crippen molar-refractivity contribution in [3.63, 3.8) is 0 Å². The van der Waals surface area contributed by atoms with Gasteiger partial charge in [-0.1, -0.05) is 3.97 Å². The molecular weight excluding hydrogens is 263 g/mol. The van der Waals surface area contributed by atoms with Crippen molar-refractivity contribution in [2.24, 2.45) is 0 Å². The summed E-state index contributed by atoms with van der Waals surface area (Å²) in [5.74, 6) is -0.934. The predicted octanol–water partition coefficient (Wildman–Crippen LogP) is 0.458. The van der Waals surface area contributed by atoms with Gasteiger partial charge in [-0.3, -0.25) is 0 Å². The number of alkyl halides is 3. The van der Waals surface area contributed by atoms with Gasteiger partial charge in [0.15, 0.2) is 6.20 Å². The number of esters is 1. The molecule has 0 unspecified atom stereocenters. The molecule has 0 atom stereocenters. The van der Waals surface area contributed by atoms with Crippen LogP contribution >= 0.6 is 0 Å². The third-order valence-electron chi connectivity index (χ3n) is 1.77. The largest absolute Gasteiger partial charge is 0.560 e. The van der Waals surface area contributed by atoms with E-state index >= 15 is 0 Å². The zero-order valence-corrected chi connectivity index (χ0v) is 9.25. The Morgan fingerprint density at radius 1 is 1.41 bits per heavy atom. The van der Waals surface area contributed by atoms with Gasteiger partial charge >= 0.3 is 21.5 Å². The van der Waals surface area contributed by atoms with Gasteiger partial charge in [0.05, 0.1) is 7.11 Å². The summed E-state index contributed by atoms with van der Waals surface area (Å²) in [5, 5.41) is 0. The molecule has 1 aromatic rings. The standard InChI is InChI=1S/C8H7F3NO4S/c1-16-7(13)6-3-2-4-12(5-6)17(14,15)8(9,10)11/h2-5H,1H3/q+1. The van der Waals surface area contributed by atoms with Crippen molar-refractivity contribution in [3.8, 4) is 0 Å². The molecule has 0 saturated carbocycles. The third kappa shape index (κ3) is 2.54. The van der Waals surface area contributed by atoms with E-state index in [2.05, 4.69) is 4.74 Å². The van der Waals surface area contributed by atoms with Crippen LogP contribution in [0.4, 0.5) is 13.2 Å². The van der Waals surface area contributed by atoms with Gasteiger partial charge in [0.1, 0.15) is 5.56 Å². The van der Waals surface area contributed by atoms with Gasteiger partial charge in [0, 0.05) is 6.07 Å². The maximum atomic E-state index is 12.2. The highest BCUT2D eigenvalue weighted by Crippen LogP contribution is 2.21. The van der Waals surface area contributed by atoms with E-state index in [1.165, 1.54) is 0 Å². The number of hydrogen-bond acceptors (Lipinski definition) is 4. The number of rotatable bonds is 2. The minimum Gasteiger partial charge on any atom is -0.465 e. The molecule has 0 aliphatic heterocycles. The molecule has 0 spiro atoms. The second-order valence-electron chi connectivity index (χ2n) is 2.86. The first-order valence-electron chi connectivity index (χ1n) is 4.11. The van der Waals surface area contributed by atoms with E-state index in [1.807, 2.05) is 0 Å². The van der Waals surface area contributed by atoms with Crippen LogP contribution in [-0.2, 0) is 14.8 Å². The molecule has 94 valence electrons. The molecule has 0 aliphatic carbocycles. The molecule has 1 heterocycles. The quantitative estimate of drug-likeness (QED) is 0.578. The summed E-state index contributed by atoms with van der Waals surface area (Å²) in [7, 11) is -4.51. The van der Waals surface area contributed by atoms with Gasteiger partial charge in [-0.25, -0.2) is 4.79 Å². The topological polar surface area (TPSA) is 64.3 Å². The summed E-state index contributed by atoms with van der Waals surface area (Å²) in [4.78, 5) is 11.0. The van der Waals surface area contributed by atoms with Crippen molar-refractivity contribution in [3.05, 3.63) is 30.1 Å². The number of carbonyl (C=O) groups is 1. The van der Waals surface area contributed by atoms with Gasteiger partial charge in [-0.15, -0.1) is 0 Å². The number of nitrogens with zero attached hydrogens (tertiary/aromatic N) is 1. The SMILES string of the molecule is COC(=O)c1ccc[n+](S(=O)(=O)C(F)(F)F)c1. The third-order valence-corrected chi connectivity index (χ3v) is 3.13. The molecule has 9 heteroatoms. The maximum Gasteiger partial charge on any atom is 0.560 e. The fourth-order valence-electron chi connectivity index (χ4n) is 0.962. The van der Waals surface area contributed by atoms with Crippen molar-refractivity contribution in [1.82, 2.24) is 0 Å². The summed E-state index contributed by atoms with van der Waals surface area (Å²) in [6.07, 6.45) is 1.21. The smallest absolute Gasteiger partial charge is 0.465 e. The summed E-state index contributed by atoms with van der Waals surface area (Å²) >= 11 is 0. The fourth-order valence-corrected chi connectivity index (χ4v) is 1.68. The molecule has 0 amide bonds. The lowest BCUT2D eigenvalue weighted by atomic mass is 10.3. The normalized spacial score (nSPS) is 12.2. The highest BCUT2D eigenvalue weighted by atomic mass is 32.2. The van der Waals surface area contributed by atoms with Crippen LogP contribution in [0.5, 0.6) is 0 Å². The van der Waals surface area contributed by atoms with Crippen LogP contribution in [0.1, 0.15) is 10.4 Å². The molecule has 0 radical (unpaired) electrons. The van der Waals surface area contributed by atoms with Crippen molar-refractivity contribution in [2.75, 3.05) is 7.11 Å². The molecule has 1 rings (SSSR count). The Labute approximate surface area is 94.5 Å². The minimum absolute atomic E-state index is 0.0841. The van der Waals surface area contributed by atoms with Gasteiger partial charge in [0.2, 0.25) is 6.20 Å². The first kappa shape index (κ1) is 13.4. The average molecular weight is 270 g/mol. The Kier molecular flexibility index (Phi) is 3.41. The summed E-state index contributed by atoms with van der Waals surface area (Å²) in [5.41, 5.74) is -5.74. The second kappa shape index (κ2) is 4.32. The van der Waals surface area contributed by atoms with E-state index in [-0.39, 0.29) is 9.54 Å². The minimum atomic E-state index is -5.53. The van der Waals surface area contributed by atoms with Crippen LogP contribution in [0, 0.1) is 0 Å². The highest BCUT2D eigenvalue weighted by Gasteiger charge is 2.54. The Morgan fingerprint density at radius 2 is 2.00 bits per heavy atom. The van der Waals surface area contributed by atoms with Gasteiger partial charge in [-0.05, 0) is 6.07 Å². The fraction of sp³-hybridized carbons (Fsp3) is 0.250. The van der Waals surface area contributed by atoms with E-state index in [0.29, 0.717) is 12.4 Å². The van der Waals surface area contributed by atoms with Crippen LogP contribution in [0.3, 0.4) is 0 Å². The van der Waals surface area contributed by atoms with Gasteiger partial charge < -0.3 is 4.74 Å². The first-order chi connectivity index (χ1) is 7.70. The Bertz CT molecular complexity index is 538. The predicted molar refractivity (Wildman–Crippen MR) is 48.3 cm³/mol. The number of carbonyl (C=O) groups excluding carboxylic acids is 1. The molecule has 17 heavy (non-hydrogen) atoms. The number of halogens is 3. The van der Waals surface area contributed by atoms with Crippen molar-refractivity contribution in [1.29, 1.82) is 0 Å². The molecule has 0 N–H and O–H groups in total. The molecule has 0 aromatic carbocycles. The molecule has 0 saturated heterocycles. The maximum absolute atomic E-state index is 12.2. The van der Waals surface area contributed by atoms with E-state index in [4.69, 9.17) is 0 Å². The zero-order chi connectivity index (χ0) is 13.3. The Hall–Kier alpha value is -1.64. The summed E-state index contributed by atoms with van der Waals surface area (Å²) in [6, 6.07) is 2.13. The van der Waals surface area contributed by atoms with Crippen LogP contribution in [0.2, 0.25) is 0 Å². The first-order valence-corrected chi connectivity index (χ1v) is 5.55. The van der Waals surface area contributed by atoms with Crippen molar-refractivity contribution in [2.45, 2.75) is 5.51 Å². The Morgan fingerprint density at radius 3 is 2.47 bits per heavy atom. The van der Waals surface area contributed by atoms with E-state index < -0.39 is 21.5 Å². The molecular formula is C8H7F3NO4S+. The van der Waals surface area contributed by atoms with Crippen LogP contribution in [0.25, 0.3) is 0 Å². The molecule has 0 fully saturated rings. The van der Waals surface area contributed by atoms with Crippen LogP contribution in [0.15, 0.2) is 24.5 Å². The van der Waals surface area contributed by atoms with Crippen LogP contribution < -0.4 is 3.97 Å². The number of aromatic nitrogens is 1. The van der Waals surface area contributed by atoms with Crippen molar-refractivity contribution >= 4 is 16.0 Å². The van der Waals surface area contributed by atoms with Gasteiger partial charge in [-0.2, -0.15) is 21.6 Å². The lowest BCUT2D eigenvalue weighted by Gasteiger charge is -2.03. The highest BCUT2D eigenvalue weighted by molar-refractivity contribution is 7.85. The summed E-state index contributed by atoms with van der Waals surface area (Å²) in [6.45, 7) is 0. The van der Waals surface area contributed by atoms with Crippen molar-refractivity contribution < 1.29 is 35.1 Å². The number of pyridine rings is 1. The number of methoxy groups -OCH3 is 1. The number of ether oxygens (including phenoxy) is 1. The second-order valence-corrected chi connectivity index (χ2v) is 4.70. The van der Waals surface area contributed by atoms with Gasteiger partial charge in [0.25, 0.3) is 0 Å².